The van der Waals surface area contributed by atoms with Gasteiger partial charge in [-0.15, -0.1) is 0 Å². The Hall–Kier alpha value is -2.73. The molecule has 0 bridgehead atoms. The topological polar surface area (TPSA) is 69.4 Å². The number of benzene rings is 2. The van der Waals surface area contributed by atoms with E-state index >= 15 is 0 Å². The second-order valence-electron chi connectivity index (χ2n) is 6.76. The van der Waals surface area contributed by atoms with E-state index in [1.54, 1.807) is 25.3 Å². The van der Waals surface area contributed by atoms with Crippen molar-refractivity contribution < 1.29 is 29.0 Å². The third-order valence-electron chi connectivity index (χ3n) is 5.27. The zero-order valence-electron chi connectivity index (χ0n) is 14.9. The number of nitrogens with one attached hydrogen (secondary N) is 1. The number of ketones is 1. The second kappa shape index (κ2) is 6.53. The monoisotopic (exact) mass is 356 g/mol. The van der Waals surface area contributed by atoms with E-state index < -0.39 is 0 Å². The summed E-state index contributed by atoms with van der Waals surface area (Å²) < 4.78 is 16.8. The first kappa shape index (κ1) is 16.7. The van der Waals surface area contributed by atoms with Gasteiger partial charge < -0.3 is 24.2 Å². The van der Waals surface area contributed by atoms with Crippen molar-refractivity contribution in [2.45, 2.75) is 18.9 Å². The van der Waals surface area contributed by atoms with Gasteiger partial charge in [-0.1, -0.05) is 12.1 Å². The van der Waals surface area contributed by atoms with Gasteiger partial charge in [0.05, 0.1) is 38.2 Å². The van der Waals surface area contributed by atoms with E-state index in [9.17, 15) is 9.90 Å². The highest BCUT2D eigenvalue weighted by molar-refractivity contribution is 5.99. The van der Waals surface area contributed by atoms with Crippen molar-refractivity contribution in [2.24, 2.45) is 0 Å². The molecule has 2 aliphatic heterocycles. The number of phenolic OH excluding ortho intramolecular Hbond substituents is 1. The number of carbonyl (C=O) groups is 1. The molecule has 136 valence electrons. The van der Waals surface area contributed by atoms with Crippen LogP contribution in [0.2, 0.25) is 0 Å². The highest BCUT2D eigenvalue weighted by Crippen LogP contribution is 2.48. The van der Waals surface area contributed by atoms with Crippen LogP contribution in [-0.2, 0) is 6.42 Å². The molecule has 6 nitrogen and oxygen atoms in total. The molecule has 2 aromatic carbocycles. The number of quaternary nitrogens is 1. The van der Waals surface area contributed by atoms with E-state index in [1.165, 1.54) is 11.0 Å². The Balaban J connectivity index is 1.74. The quantitative estimate of drug-likeness (QED) is 0.813. The number of para-hydroxylation sites is 1. The van der Waals surface area contributed by atoms with E-state index in [0.717, 1.165) is 24.1 Å². The number of fused-ring (bicyclic) bond motifs is 2. The van der Waals surface area contributed by atoms with Crippen molar-refractivity contribution >= 4 is 5.78 Å². The van der Waals surface area contributed by atoms with Gasteiger partial charge in [0.2, 0.25) is 12.5 Å². The Morgan fingerprint density at radius 1 is 1.35 bits per heavy atom. The van der Waals surface area contributed by atoms with Gasteiger partial charge in [0.25, 0.3) is 0 Å². The van der Waals surface area contributed by atoms with Crippen LogP contribution in [-0.4, -0.2) is 38.4 Å². The number of Topliss-reactive ketones (excluding diaryl/α,β-unsaturated/α-hetero) is 1. The Morgan fingerprint density at radius 2 is 2.15 bits per heavy atom. The second-order valence-corrected chi connectivity index (χ2v) is 6.76. The average molecular weight is 356 g/mol. The minimum atomic E-state index is -0.0833. The Kier molecular flexibility index (Phi) is 4.20. The van der Waals surface area contributed by atoms with Gasteiger partial charge in [-0.25, -0.2) is 0 Å². The minimum Gasteiger partial charge on any atom is -0.507 e. The molecule has 0 saturated carbocycles. The number of aromatic hydroxyl groups is 1. The molecular formula is C20H22NO5+. The lowest BCUT2D eigenvalue weighted by molar-refractivity contribution is -0.913. The molecule has 0 aliphatic carbocycles. The fourth-order valence-electron chi connectivity index (χ4n) is 3.90. The van der Waals surface area contributed by atoms with Gasteiger partial charge in [0.1, 0.15) is 11.8 Å². The molecule has 1 unspecified atom stereocenters. The van der Waals surface area contributed by atoms with Crippen molar-refractivity contribution in [3.8, 4) is 23.0 Å². The molecule has 26 heavy (non-hydrogen) atoms. The standard InChI is InChI=1S/C20H21NO5/c1-21-8-7-12-9-17-19(26-11-25-17)20(24-2)18(12)14(21)10-16(23)13-5-3-4-6-15(13)22/h3-6,9,14,22H,7-8,10-11H2,1-2H3/p+1/t14-/m1/s1. The van der Waals surface area contributed by atoms with Crippen LogP contribution in [0.1, 0.15) is 33.9 Å². The SMILES string of the molecule is COc1c2c(cc3c1[C@@H](CC(=O)c1ccccc1O)[NH+](C)CC3)OCO2. The summed E-state index contributed by atoms with van der Waals surface area (Å²) in [6, 6.07) is 8.60. The summed E-state index contributed by atoms with van der Waals surface area (Å²) in [5, 5.41) is 10.0. The van der Waals surface area contributed by atoms with E-state index in [-0.39, 0.29) is 30.8 Å². The molecule has 0 saturated heterocycles. The van der Waals surface area contributed by atoms with Gasteiger partial charge in [-0.05, 0) is 23.8 Å². The van der Waals surface area contributed by atoms with Crippen molar-refractivity contribution in [3.63, 3.8) is 0 Å². The summed E-state index contributed by atoms with van der Waals surface area (Å²) in [7, 11) is 3.69. The number of rotatable bonds is 4. The first-order valence-electron chi connectivity index (χ1n) is 8.73. The van der Waals surface area contributed by atoms with Crippen molar-refractivity contribution in [3.05, 3.63) is 47.0 Å². The highest BCUT2D eigenvalue weighted by Gasteiger charge is 2.37. The Labute approximate surface area is 151 Å². The lowest BCUT2D eigenvalue weighted by Crippen LogP contribution is -3.10. The maximum Gasteiger partial charge on any atom is 0.231 e. The van der Waals surface area contributed by atoms with Gasteiger partial charge in [0.15, 0.2) is 17.3 Å². The number of methoxy groups -OCH3 is 1. The zero-order valence-corrected chi connectivity index (χ0v) is 14.9. The first-order valence-corrected chi connectivity index (χ1v) is 8.73. The van der Waals surface area contributed by atoms with E-state index in [4.69, 9.17) is 14.2 Å². The first-order chi connectivity index (χ1) is 12.6. The molecule has 0 aromatic heterocycles. The van der Waals surface area contributed by atoms with Crippen LogP contribution in [0.3, 0.4) is 0 Å². The maximum absolute atomic E-state index is 12.9. The Bertz CT molecular complexity index is 864. The summed E-state index contributed by atoms with van der Waals surface area (Å²) in [6.45, 7) is 1.09. The molecule has 4 rings (SSSR count). The lowest BCUT2D eigenvalue weighted by Gasteiger charge is -2.32. The molecule has 2 aromatic rings. The maximum atomic E-state index is 12.9. The van der Waals surface area contributed by atoms with Gasteiger partial charge in [0, 0.05) is 6.42 Å². The molecule has 0 amide bonds. The van der Waals surface area contributed by atoms with Crippen molar-refractivity contribution in [2.75, 3.05) is 27.5 Å². The van der Waals surface area contributed by atoms with Crippen LogP contribution < -0.4 is 19.1 Å². The molecule has 0 fully saturated rings. The molecular weight excluding hydrogens is 334 g/mol. The van der Waals surface area contributed by atoms with Crippen LogP contribution in [0.4, 0.5) is 0 Å². The molecule has 2 N–H and O–H groups in total. The number of hydrogen-bond donors (Lipinski definition) is 2. The van der Waals surface area contributed by atoms with Crippen molar-refractivity contribution in [1.82, 2.24) is 0 Å². The molecule has 2 aliphatic rings. The smallest absolute Gasteiger partial charge is 0.231 e. The molecule has 2 heterocycles. The van der Waals surface area contributed by atoms with E-state index in [2.05, 4.69) is 7.05 Å². The molecule has 0 radical (unpaired) electrons. The zero-order chi connectivity index (χ0) is 18.3. The number of carbonyl (C=O) groups excluding carboxylic acids is 1. The fraction of sp³-hybridized carbons (Fsp3) is 0.350. The fourth-order valence-corrected chi connectivity index (χ4v) is 3.90. The molecule has 2 atom stereocenters. The minimum absolute atomic E-state index is 0.0174. The predicted molar refractivity (Wildman–Crippen MR) is 94.4 cm³/mol. The Morgan fingerprint density at radius 3 is 2.92 bits per heavy atom. The summed E-state index contributed by atoms with van der Waals surface area (Å²) in [6.07, 6.45) is 1.17. The normalized spacial score (nSPS) is 20.5. The van der Waals surface area contributed by atoms with Crippen LogP contribution >= 0.6 is 0 Å². The highest BCUT2D eigenvalue weighted by atomic mass is 16.7. The third kappa shape index (κ3) is 2.66. The van der Waals surface area contributed by atoms with E-state index in [0.29, 0.717) is 22.8 Å². The van der Waals surface area contributed by atoms with E-state index in [1.807, 2.05) is 6.07 Å². The number of hydrogen-bond acceptors (Lipinski definition) is 5. The van der Waals surface area contributed by atoms with Gasteiger partial charge in [-0.2, -0.15) is 0 Å². The predicted octanol–water partition coefficient (Wildman–Crippen LogP) is 1.51. The van der Waals surface area contributed by atoms with Crippen LogP contribution in [0.25, 0.3) is 0 Å². The summed E-state index contributed by atoms with van der Waals surface area (Å²) in [4.78, 5) is 14.1. The third-order valence-corrected chi connectivity index (χ3v) is 5.27. The number of phenols is 1. The van der Waals surface area contributed by atoms with Crippen molar-refractivity contribution in [1.29, 1.82) is 0 Å². The van der Waals surface area contributed by atoms with Crippen LogP contribution in [0, 0.1) is 0 Å². The largest absolute Gasteiger partial charge is 0.507 e. The molecule has 6 heteroatoms. The van der Waals surface area contributed by atoms with Gasteiger partial charge in [-0.3, -0.25) is 4.79 Å². The lowest BCUT2D eigenvalue weighted by atomic mass is 9.87. The average Bonchev–Trinajstić information content (AvgIpc) is 3.10. The summed E-state index contributed by atoms with van der Waals surface area (Å²) in [5.41, 5.74) is 2.49. The molecule has 0 spiro atoms. The van der Waals surface area contributed by atoms with Crippen LogP contribution in [0.15, 0.2) is 30.3 Å². The van der Waals surface area contributed by atoms with Crippen LogP contribution in [0.5, 0.6) is 23.0 Å². The number of likely N-dealkylation sites (N-methyl/N-ethyl adjacent to an activating group) is 1. The number of ether oxygens (including phenoxy) is 3. The van der Waals surface area contributed by atoms with Gasteiger partial charge >= 0.3 is 0 Å². The summed E-state index contributed by atoms with van der Waals surface area (Å²) in [5.74, 6) is 1.90. The summed E-state index contributed by atoms with van der Waals surface area (Å²) >= 11 is 0.